The van der Waals surface area contributed by atoms with Gasteiger partial charge in [-0.3, -0.25) is 19.2 Å². The average Bonchev–Trinajstić information content (AvgIpc) is 3.28. The predicted octanol–water partition coefficient (Wildman–Crippen LogP) is 6.18. The van der Waals surface area contributed by atoms with E-state index < -0.39 is 83.9 Å². The molecule has 3 aliphatic heterocycles. The number of Topliss-reactive ketones (excluding diaryl/α,β-unsaturated/α-hetero) is 3. The van der Waals surface area contributed by atoms with Crippen molar-refractivity contribution >= 4 is 29.2 Å². The minimum absolute atomic E-state index is 0.0220. The molecule has 4 rings (SSSR count). The number of fused-ring (bicyclic) bond motifs is 3. The van der Waals surface area contributed by atoms with Crippen molar-refractivity contribution in [2.24, 2.45) is 35.5 Å². The number of aliphatic hydroxyl groups excluding tert-OH is 2. The Labute approximate surface area is 387 Å². The number of rotatable bonds is 6. The van der Waals surface area contributed by atoms with Crippen LogP contribution >= 0.6 is 0 Å². The van der Waals surface area contributed by atoms with Crippen molar-refractivity contribution in [2.45, 2.75) is 180 Å². The van der Waals surface area contributed by atoms with Gasteiger partial charge >= 0.3 is 5.97 Å². The van der Waals surface area contributed by atoms with Gasteiger partial charge in [-0.05, 0) is 107 Å². The molecule has 0 spiro atoms. The summed E-state index contributed by atoms with van der Waals surface area (Å²) in [4.78, 5) is 71.7. The number of carbonyl (C=O) groups excluding carboxylic acids is 5. The molecule has 14 heteroatoms. The molecule has 0 aromatic heterocycles. The molecule has 4 aliphatic rings. The highest BCUT2D eigenvalue weighted by Crippen LogP contribution is 2.38. The molecule has 14 nitrogen and oxygen atoms in total. The van der Waals surface area contributed by atoms with Gasteiger partial charge in [-0.1, -0.05) is 71.1 Å². The molecular weight excluding hydrogens is 835 g/mol. The molecule has 3 heterocycles. The number of hydrogen-bond acceptors (Lipinski definition) is 13. The Morgan fingerprint density at radius 2 is 1.58 bits per heavy atom. The van der Waals surface area contributed by atoms with E-state index in [0.29, 0.717) is 63.4 Å². The smallest absolute Gasteiger partial charge is 0.329 e. The Hall–Kier alpha value is -3.37. The Bertz CT molecular complexity index is 1760. The first kappa shape index (κ1) is 54.2. The number of piperidine rings is 1. The van der Waals surface area contributed by atoms with Crippen molar-refractivity contribution in [2.75, 3.05) is 27.9 Å². The number of hydrogen-bond donors (Lipinski definition) is 3. The first-order chi connectivity index (χ1) is 30.7. The molecule has 15 atom stereocenters. The van der Waals surface area contributed by atoms with E-state index in [2.05, 4.69) is 0 Å². The Morgan fingerprint density at radius 1 is 0.862 bits per heavy atom. The highest BCUT2D eigenvalue weighted by molar-refractivity contribution is 6.39. The SMILES string of the molecule is CO[C@H]1CC2CC[C@@H](C)[C@@](O)(O2)C(=O)C(=O)N2CCCC[C@H]2C(=O)O[C@H]([C@H](C)C[C@@H]2CCC(O)[C@H](OC)C2)CC(=O)C(C)=CC(C)C(O)[C@@H](OC)C(=O)[C@H](C)C[C@H](C)C=CC=CC=C1C. The fourth-order valence-electron chi connectivity index (χ4n) is 10.1. The molecule has 1 saturated carbocycles. The molecule has 65 heavy (non-hydrogen) atoms. The minimum Gasteiger partial charge on any atom is -0.460 e. The lowest BCUT2D eigenvalue weighted by Gasteiger charge is -2.42. The van der Waals surface area contributed by atoms with Crippen molar-refractivity contribution in [1.82, 2.24) is 4.90 Å². The summed E-state index contributed by atoms with van der Waals surface area (Å²) in [5, 5.41) is 33.9. The van der Waals surface area contributed by atoms with Gasteiger partial charge in [0, 0.05) is 58.5 Å². The maximum atomic E-state index is 14.4. The molecule has 1 amide bonds. The second-order valence-electron chi connectivity index (χ2n) is 19.6. The summed E-state index contributed by atoms with van der Waals surface area (Å²) in [6.45, 7) is 12.7. The molecule has 0 aromatic rings. The normalized spacial score (nSPS) is 37.8. The van der Waals surface area contributed by atoms with Crippen LogP contribution in [0.5, 0.6) is 0 Å². The second kappa shape index (κ2) is 25.1. The third kappa shape index (κ3) is 14.3. The second-order valence-corrected chi connectivity index (χ2v) is 19.6. The van der Waals surface area contributed by atoms with Crippen molar-refractivity contribution < 1.29 is 63.0 Å². The van der Waals surface area contributed by atoms with E-state index in [1.807, 2.05) is 58.1 Å². The Morgan fingerprint density at radius 3 is 2.26 bits per heavy atom. The standard InChI is InChI=1S/C51H79NO13/c1-30-16-12-11-13-17-31(2)42(61-8)28-38-21-19-36(7)51(60,65-38)48(57)49(58)52-23-15-14-18-39(52)50(59)64-43(33(4)26-37-20-22-40(53)44(27-37)62-9)29-41(54)32(3)25-35(6)46(56)47(63-10)45(55)34(5)24-30/h11-13,16-17,25,30,33-40,42-44,46-47,53,56,60H,14-15,18-24,26-29H2,1-10H3/t30-,33-,34-,35?,36-,37+,38?,39+,40?,42+,43+,44-,46?,47+,51-/m1/s1. The van der Waals surface area contributed by atoms with E-state index >= 15 is 0 Å². The summed E-state index contributed by atoms with van der Waals surface area (Å²) in [5.41, 5.74) is 1.19. The van der Waals surface area contributed by atoms with Gasteiger partial charge in [0.05, 0.1) is 30.5 Å². The van der Waals surface area contributed by atoms with Crippen LogP contribution in [0.2, 0.25) is 0 Å². The number of ether oxygens (including phenoxy) is 5. The van der Waals surface area contributed by atoms with Crippen LogP contribution in [0.15, 0.2) is 47.6 Å². The fraction of sp³-hybridized carbons (Fsp3) is 0.745. The summed E-state index contributed by atoms with van der Waals surface area (Å²) in [6.07, 6.45) is 11.2. The molecule has 4 unspecified atom stereocenters. The number of esters is 1. The molecule has 0 radical (unpaired) electrons. The number of ketones is 3. The maximum Gasteiger partial charge on any atom is 0.329 e. The predicted molar refractivity (Wildman–Crippen MR) is 245 cm³/mol. The summed E-state index contributed by atoms with van der Waals surface area (Å²) >= 11 is 0. The minimum atomic E-state index is -2.43. The van der Waals surface area contributed by atoms with Crippen molar-refractivity contribution in [3.8, 4) is 0 Å². The van der Waals surface area contributed by atoms with Gasteiger partial charge in [-0.25, -0.2) is 4.79 Å². The van der Waals surface area contributed by atoms with Crippen LogP contribution in [0, 0.1) is 35.5 Å². The molecule has 3 fully saturated rings. The first-order valence-electron chi connectivity index (χ1n) is 23.9. The van der Waals surface area contributed by atoms with Crippen molar-refractivity contribution in [3.63, 3.8) is 0 Å². The van der Waals surface area contributed by atoms with Crippen LogP contribution in [-0.4, -0.2) is 132 Å². The lowest BCUT2D eigenvalue weighted by molar-refractivity contribution is -0.265. The maximum absolute atomic E-state index is 14.4. The molecule has 3 N–H and O–H groups in total. The van der Waals surface area contributed by atoms with Gasteiger partial charge in [0.25, 0.3) is 11.7 Å². The fourth-order valence-corrected chi connectivity index (χ4v) is 10.1. The zero-order valence-corrected chi connectivity index (χ0v) is 40.6. The quantitative estimate of drug-likeness (QED) is 0.202. The van der Waals surface area contributed by atoms with Gasteiger partial charge in [-0.2, -0.15) is 0 Å². The van der Waals surface area contributed by atoms with Crippen LogP contribution < -0.4 is 0 Å². The number of allylic oxidation sites excluding steroid dienone is 6. The molecule has 2 saturated heterocycles. The third-order valence-corrected chi connectivity index (χ3v) is 14.5. The van der Waals surface area contributed by atoms with Crippen LogP contribution in [0.1, 0.15) is 126 Å². The van der Waals surface area contributed by atoms with Crippen molar-refractivity contribution in [3.05, 3.63) is 47.6 Å². The number of methoxy groups -OCH3 is 3. The van der Waals surface area contributed by atoms with E-state index in [4.69, 9.17) is 23.7 Å². The van der Waals surface area contributed by atoms with E-state index in [9.17, 15) is 39.3 Å². The van der Waals surface area contributed by atoms with Crippen LogP contribution in [-0.2, 0) is 47.7 Å². The van der Waals surface area contributed by atoms with Crippen LogP contribution in [0.3, 0.4) is 0 Å². The van der Waals surface area contributed by atoms with Gasteiger partial charge < -0.3 is 43.9 Å². The van der Waals surface area contributed by atoms with Crippen molar-refractivity contribution in [1.29, 1.82) is 0 Å². The highest BCUT2D eigenvalue weighted by atomic mass is 16.6. The number of nitrogens with zero attached hydrogens (tertiary/aromatic N) is 1. The van der Waals surface area contributed by atoms with Crippen LogP contribution in [0.4, 0.5) is 0 Å². The lowest BCUT2D eigenvalue weighted by Crippen LogP contribution is -2.61. The first-order valence-corrected chi connectivity index (χ1v) is 23.9. The largest absolute Gasteiger partial charge is 0.460 e. The van der Waals surface area contributed by atoms with Gasteiger partial charge in [-0.15, -0.1) is 0 Å². The summed E-state index contributed by atoms with van der Waals surface area (Å²) in [6, 6.07) is -1.14. The molecule has 0 aromatic carbocycles. The zero-order valence-electron chi connectivity index (χ0n) is 40.6. The molecule has 2 bridgehead atoms. The van der Waals surface area contributed by atoms with Gasteiger partial charge in [0.2, 0.25) is 5.79 Å². The zero-order chi connectivity index (χ0) is 48.2. The van der Waals surface area contributed by atoms with E-state index in [-0.39, 0.29) is 54.8 Å². The lowest BCUT2D eigenvalue weighted by atomic mass is 9.78. The topological polar surface area (TPSA) is 195 Å². The number of carbonyl (C=O) groups is 5. The molecule has 366 valence electrons. The summed E-state index contributed by atoms with van der Waals surface area (Å²) in [5.74, 6) is -7.93. The summed E-state index contributed by atoms with van der Waals surface area (Å²) in [7, 11) is 4.53. The average molecular weight is 914 g/mol. The Balaban J connectivity index is 1.70. The van der Waals surface area contributed by atoms with Gasteiger partial charge in [0.1, 0.15) is 18.2 Å². The van der Waals surface area contributed by atoms with E-state index in [0.717, 1.165) is 12.0 Å². The third-order valence-electron chi connectivity index (χ3n) is 14.5. The highest BCUT2D eigenvalue weighted by Gasteiger charge is 2.53. The van der Waals surface area contributed by atoms with Crippen LogP contribution in [0.25, 0.3) is 0 Å². The number of aliphatic hydroxyl groups is 3. The Kier molecular flexibility index (Phi) is 21.0. The monoisotopic (exact) mass is 914 g/mol. The van der Waals surface area contributed by atoms with E-state index in [1.165, 1.54) is 12.0 Å². The number of amides is 1. The molecule has 1 aliphatic carbocycles. The molecular formula is C51H79NO13. The van der Waals surface area contributed by atoms with Gasteiger partial charge in [0.15, 0.2) is 11.6 Å². The number of cyclic esters (lactones) is 1. The summed E-state index contributed by atoms with van der Waals surface area (Å²) < 4.78 is 29.4. The van der Waals surface area contributed by atoms with E-state index in [1.54, 1.807) is 41.1 Å².